The number of aromatic nitrogens is 2. The van der Waals surface area contributed by atoms with Gasteiger partial charge in [0.2, 0.25) is 0 Å². The van der Waals surface area contributed by atoms with E-state index in [1.54, 1.807) is 11.7 Å². The summed E-state index contributed by atoms with van der Waals surface area (Å²) >= 11 is 6.15. The number of ether oxygens (including phenoxy) is 1. The first-order chi connectivity index (χ1) is 11.1. The maximum absolute atomic E-state index is 12.6. The van der Waals surface area contributed by atoms with Gasteiger partial charge >= 0.3 is 5.69 Å². The topological polar surface area (TPSA) is 44.1 Å². The standard InChI is InChI=1S/C18H17ClN2O2/c1-3-16-15-8-7-13(19)10-17(15)21(18(22)20-16)14-6-4-5-12(9-14)11-23-2/h4-10H,3,11H2,1-2H3. The van der Waals surface area contributed by atoms with Gasteiger partial charge < -0.3 is 4.74 Å². The Morgan fingerprint density at radius 1 is 1.22 bits per heavy atom. The van der Waals surface area contributed by atoms with E-state index in [-0.39, 0.29) is 5.69 Å². The van der Waals surface area contributed by atoms with Crippen LogP contribution in [-0.2, 0) is 17.8 Å². The molecule has 5 heteroatoms. The monoisotopic (exact) mass is 328 g/mol. The van der Waals surface area contributed by atoms with Crippen molar-refractivity contribution in [1.82, 2.24) is 9.55 Å². The number of nitrogens with zero attached hydrogens (tertiary/aromatic N) is 2. The van der Waals surface area contributed by atoms with E-state index >= 15 is 0 Å². The summed E-state index contributed by atoms with van der Waals surface area (Å²) in [5.74, 6) is 0. The Hall–Kier alpha value is -2.17. The summed E-state index contributed by atoms with van der Waals surface area (Å²) in [4.78, 5) is 16.8. The highest BCUT2D eigenvalue weighted by atomic mass is 35.5. The van der Waals surface area contributed by atoms with Gasteiger partial charge in [0.1, 0.15) is 0 Å². The van der Waals surface area contributed by atoms with Crippen LogP contribution < -0.4 is 5.69 Å². The molecule has 3 rings (SSSR count). The van der Waals surface area contributed by atoms with Crippen molar-refractivity contribution in [1.29, 1.82) is 0 Å². The number of benzene rings is 2. The van der Waals surface area contributed by atoms with Crippen LogP contribution in [0.15, 0.2) is 47.3 Å². The third-order valence-electron chi connectivity index (χ3n) is 3.75. The molecule has 0 fully saturated rings. The molecule has 0 atom stereocenters. The number of methoxy groups -OCH3 is 1. The molecule has 0 aliphatic heterocycles. The van der Waals surface area contributed by atoms with Gasteiger partial charge in [0.05, 0.1) is 23.5 Å². The molecule has 0 saturated heterocycles. The Kier molecular flexibility index (Phi) is 4.46. The molecule has 0 unspecified atom stereocenters. The highest BCUT2D eigenvalue weighted by Gasteiger charge is 2.12. The van der Waals surface area contributed by atoms with Crippen molar-refractivity contribution in [3.05, 3.63) is 69.2 Å². The lowest BCUT2D eigenvalue weighted by Crippen LogP contribution is -2.23. The molecule has 0 bridgehead atoms. The minimum absolute atomic E-state index is 0.300. The van der Waals surface area contributed by atoms with Gasteiger partial charge in [-0.1, -0.05) is 30.7 Å². The molecule has 23 heavy (non-hydrogen) atoms. The fraction of sp³-hybridized carbons (Fsp3) is 0.222. The summed E-state index contributed by atoms with van der Waals surface area (Å²) in [6, 6.07) is 13.2. The Labute approximate surface area is 139 Å². The first-order valence-corrected chi connectivity index (χ1v) is 7.81. The molecule has 2 aromatic carbocycles. The second kappa shape index (κ2) is 6.52. The van der Waals surface area contributed by atoms with Crippen molar-refractivity contribution >= 4 is 22.5 Å². The molecular weight excluding hydrogens is 312 g/mol. The van der Waals surface area contributed by atoms with Gasteiger partial charge in [-0.2, -0.15) is 4.98 Å². The zero-order valence-corrected chi connectivity index (χ0v) is 13.8. The molecule has 0 aliphatic rings. The van der Waals surface area contributed by atoms with Crippen LogP contribution in [0.5, 0.6) is 0 Å². The lowest BCUT2D eigenvalue weighted by atomic mass is 10.1. The van der Waals surface area contributed by atoms with Gasteiger partial charge in [0.15, 0.2) is 0 Å². The SMILES string of the molecule is CCc1nc(=O)n(-c2cccc(COC)c2)c2cc(Cl)ccc12. The number of hydrogen-bond acceptors (Lipinski definition) is 3. The third-order valence-corrected chi connectivity index (χ3v) is 3.98. The van der Waals surface area contributed by atoms with Gasteiger partial charge in [-0.05, 0) is 42.3 Å². The fourth-order valence-corrected chi connectivity index (χ4v) is 2.90. The van der Waals surface area contributed by atoms with Gasteiger partial charge in [-0.3, -0.25) is 4.57 Å². The van der Waals surface area contributed by atoms with Crippen LogP contribution in [0.3, 0.4) is 0 Å². The highest BCUT2D eigenvalue weighted by molar-refractivity contribution is 6.31. The summed E-state index contributed by atoms with van der Waals surface area (Å²) in [7, 11) is 1.64. The van der Waals surface area contributed by atoms with Gasteiger partial charge in [-0.15, -0.1) is 0 Å². The van der Waals surface area contributed by atoms with Gasteiger partial charge in [0, 0.05) is 17.5 Å². The fourth-order valence-electron chi connectivity index (χ4n) is 2.73. The summed E-state index contributed by atoms with van der Waals surface area (Å²) in [5.41, 5.74) is 3.00. The zero-order valence-electron chi connectivity index (χ0n) is 13.0. The summed E-state index contributed by atoms with van der Waals surface area (Å²) in [6.45, 7) is 2.47. The summed E-state index contributed by atoms with van der Waals surface area (Å²) in [5, 5.41) is 1.53. The lowest BCUT2D eigenvalue weighted by molar-refractivity contribution is 0.185. The van der Waals surface area contributed by atoms with Crippen molar-refractivity contribution in [3.8, 4) is 5.69 Å². The largest absolute Gasteiger partial charge is 0.380 e. The molecule has 3 aromatic rings. The molecular formula is C18H17ClN2O2. The minimum atomic E-state index is -0.300. The van der Waals surface area contributed by atoms with E-state index in [4.69, 9.17) is 16.3 Å². The molecule has 0 amide bonds. The van der Waals surface area contributed by atoms with E-state index in [1.165, 1.54) is 0 Å². The predicted molar refractivity (Wildman–Crippen MR) is 92.4 cm³/mol. The predicted octanol–water partition coefficient (Wildman–Crippen LogP) is 3.75. The van der Waals surface area contributed by atoms with Crippen LogP contribution in [0.2, 0.25) is 5.02 Å². The molecule has 0 spiro atoms. The third kappa shape index (κ3) is 3.00. The molecule has 0 radical (unpaired) electrons. The summed E-state index contributed by atoms with van der Waals surface area (Å²) < 4.78 is 6.76. The van der Waals surface area contributed by atoms with E-state index < -0.39 is 0 Å². The number of halogens is 1. The van der Waals surface area contributed by atoms with Crippen LogP contribution in [-0.4, -0.2) is 16.7 Å². The van der Waals surface area contributed by atoms with E-state index in [1.807, 2.05) is 49.4 Å². The van der Waals surface area contributed by atoms with Gasteiger partial charge in [-0.25, -0.2) is 4.79 Å². The van der Waals surface area contributed by atoms with Crippen molar-refractivity contribution < 1.29 is 4.74 Å². The molecule has 0 N–H and O–H groups in total. The Morgan fingerprint density at radius 3 is 2.78 bits per heavy atom. The Morgan fingerprint density at radius 2 is 2.04 bits per heavy atom. The minimum Gasteiger partial charge on any atom is -0.380 e. The number of rotatable bonds is 4. The Bertz CT molecular complexity index is 919. The second-order valence-electron chi connectivity index (χ2n) is 5.29. The quantitative estimate of drug-likeness (QED) is 0.732. The van der Waals surface area contributed by atoms with E-state index in [9.17, 15) is 4.79 Å². The van der Waals surface area contributed by atoms with Crippen LogP contribution in [0.25, 0.3) is 16.6 Å². The first-order valence-electron chi connectivity index (χ1n) is 7.43. The number of aryl methyl sites for hydroxylation is 1. The summed E-state index contributed by atoms with van der Waals surface area (Å²) in [6.07, 6.45) is 0.692. The second-order valence-corrected chi connectivity index (χ2v) is 5.73. The van der Waals surface area contributed by atoms with Crippen LogP contribution >= 0.6 is 11.6 Å². The average molecular weight is 329 g/mol. The number of fused-ring (bicyclic) bond motifs is 1. The normalized spacial score (nSPS) is 11.1. The van der Waals surface area contributed by atoms with E-state index in [0.29, 0.717) is 18.1 Å². The zero-order chi connectivity index (χ0) is 16.4. The van der Waals surface area contributed by atoms with Crippen molar-refractivity contribution in [2.24, 2.45) is 0 Å². The van der Waals surface area contributed by atoms with E-state index in [0.717, 1.165) is 27.8 Å². The van der Waals surface area contributed by atoms with Crippen LogP contribution in [0.4, 0.5) is 0 Å². The first kappa shape index (κ1) is 15.7. The smallest absolute Gasteiger partial charge is 0.352 e. The van der Waals surface area contributed by atoms with E-state index in [2.05, 4.69) is 4.98 Å². The van der Waals surface area contributed by atoms with Crippen molar-refractivity contribution in [2.45, 2.75) is 20.0 Å². The van der Waals surface area contributed by atoms with Gasteiger partial charge in [0.25, 0.3) is 0 Å². The molecule has 1 aromatic heterocycles. The molecule has 118 valence electrons. The molecule has 4 nitrogen and oxygen atoms in total. The van der Waals surface area contributed by atoms with Crippen LogP contribution in [0.1, 0.15) is 18.2 Å². The highest BCUT2D eigenvalue weighted by Crippen LogP contribution is 2.23. The average Bonchev–Trinajstić information content (AvgIpc) is 2.54. The molecule has 0 aliphatic carbocycles. The maximum Gasteiger partial charge on any atom is 0.352 e. The molecule has 1 heterocycles. The lowest BCUT2D eigenvalue weighted by Gasteiger charge is -2.13. The van der Waals surface area contributed by atoms with Crippen molar-refractivity contribution in [2.75, 3.05) is 7.11 Å². The maximum atomic E-state index is 12.6. The Balaban J connectivity index is 2.33. The van der Waals surface area contributed by atoms with Crippen LogP contribution in [0, 0.1) is 0 Å². The van der Waals surface area contributed by atoms with Crippen molar-refractivity contribution in [3.63, 3.8) is 0 Å². The number of hydrogen-bond donors (Lipinski definition) is 0. The molecule has 0 saturated carbocycles.